The molecule has 3 N–H and O–H groups in total. The van der Waals surface area contributed by atoms with Crippen molar-refractivity contribution in [2.75, 3.05) is 39.9 Å². The Balaban J connectivity index is 2.57. The van der Waals surface area contributed by atoms with E-state index in [9.17, 15) is 19.0 Å². The second-order valence-electron chi connectivity index (χ2n) is 5.25. The van der Waals surface area contributed by atoms with Gasteiger partial charge in [-0.15, -0.1) is 0 Å². The molecule has 1 aromatic rings. The van der Waals surface area contributed by atoms with E-state index in [4.69, 9.17) is 4.74 Å². The van der Waals surface area contributed by atoms with Crippen molar-refractivity contribution in [3.8, 4) is 11.5 Å². The van der Waals surface area contributed by atoms with Crippen LogP contribution in [0.1, 0.15) is 11.6 Å². The summed E-state index contributed by atoms with van der Waals surface area (Å²) < 4.78 is 34.6. The molecule has 2 rings (SSSR count). The summed E-state index contributed by atoms with van der Waals surface area (Å²) in [4.78, 5) is 1.62. The lowest BCUT2D eigenvalue weighted by Crippen LogP contribution is -2.51. The quantitative estimate of drug-likeness (QED) is 0.631. The summed E-state index contributed by atoms with van der Waals surface area (Å²) in [7, 11) is 1.35. The topological polar surface area (TPSA) is 65.0 Å². The van der Waals surface area contributed by atoms with Crippen LogP contribution in [-0.4, -0.2) is 60.9 Å². The molecule has 1 atom stereocenters. The molecular formula is C14H18Br2F2N2O3. The molecule has 130 valence electrons. The third kappa shape index (κ3) is 3.79. The van der Waals surface area contributed by atoms with Gasteiger partial charge in [0.2, 0.25) is 0 Å². The number of piperazine rings is 1. The van der Waals surface area contributed by atoms with Gasteiger partial charge in [-0.1, -0.05) is 0 Å². The molecule has 0 spiro atoms. The first-order chi connectivity index (χ1) is 10.8. The molecule has 0 aliphatic carbocycles. The zero-order chi connectivity index (χ0) is 17.2. The maximum absolute atomic E-state index is 14.5. The van der Waals surface area contributed by atoms with Gasteiger partial charge < -0.3 is 20.3 Å². The van der Waals surface area contributed by atoms with Gasteiger partial charge >= 0.3 is 0 Å². The van der Waals surface area contributed by atoms with E-state index in [0.717, 1.165) is 0 Å². The first kappa shape index (κ1) is 18.9. The summed E-state index contributed by atoms with van der Waals surface area (Å²) >= 11 is 6.45. The fraction of sp³-hybridized carbons (Fsp3) is 0.571. The zero-order valence-corrected chi connectivity index (χ0v) is 15.6. The Morgan fingerprint density at radius 1 is 1.35 bits per heavy atom. The van der Waals surface area contributed by atoms with Crippen LogP contribution in [0.2, 0.25) is 0 Å². The molecule has 1 aliphatic rings. The normalized spacial score (nSPS) is 18.0. The van der Waals surface area contributed by atoms with Crippen LogP contribution < -0.4 is 10.1 Å². The number of nitrogens with zero attached hydrogens (tertiary/aromatic N) is 1. The smallest absolute Gasteiger partial charge is 0.289 e. The van der Waals surface area contributed by atoms with Gasteiger partial charge in [0.1, 0.15) is 12.6 Å². The summed E-state index contributed by atoms with van der Waals surface area (Å²) in [5.41, 5.74) is 0.243. The van der Waals surface area contributed by atoms with Crippen LogP contribution >= 0.6 is 31.9 Å². The molecule has 9 heteroatoms. The van der Waals surface area contributed by atoms with Crippen LogP contribution in [0.3, 0.4) is 0 Å². The molecule has 0 unspecified atom stereocenters. The Kier molecular flexibility index (Phi) is 6.23. The van der Waals surface area contributed by atoms with Gasteiger partial charge in [0.25, 0.3) is 5.92 Å². The summed E-state index contributed by atoms with van der Waals surface area (Å²) in [5, 5.41) is 22.3. The number of hydrogen-bond acceptors (Lipinski definition) is 5. The number of phenolic OH excluding ortho intramolecular Hbond substituents is 1. The number of aromatic hydroxyl groups is 1. The Hall–Kier alpha value is -0.480. The van der Waals surface area contributed by atoms with E-state index >= 15 is 0 Å². The van der Waals surface area contributed by atoms with Crippen molar-refractivity contribution >= 4 is 31.9 Å². The van der Waals surface area contributed by atoms with Crippen molar-refractivity contribution in [1.29, 1.82) is 0 Å². The number of ether oxygens (including phenoxy) is 1. The minimum absolute atomic E-state index is 0.0870. The predicted molar refractivity (Wildman–Crippen MR) is 89.3 cm³/mol. The highest BCUT2D eigenvalue weighted by Gasteiger charge is 2.45. The largest absolute Gasteiger partial charge is 0.503 e. The van der Waals surface area contributed by atoms with E-state index < -0.39 is 18.6 Å². The van der Waals surface area contributed by atoms with Crippen LogP contribution in [-0.2, 0) is 0 Å². The van der Waals surface area contributed by atoms with Crippen molar-refractivity contribution in [3.05, 3.63) is 20.6 Å². The average Bonchev–Trinajstić information content (AvgIpc) is 2.56. The van der Waals surface area contributed by atoms with E-state index in [2.05, 4.69) is 37.2 Å². The van der Waals surface area contributed by atoms with E-state index in [-0.39, 0.29) is 21.5 Å². The van der Waals surface area contributed by atoms with Gasteiger partial charge in [0.15, 0.2) is 11.5 Å². The highest BCUT2D eigenvalue weighted by molar-refractivity contribution is 9.13. The molecule has 1 aromatic carbocycles. The number of benzene rings is 1. The molecule has 1 aliphatic heterocycles. The molecule has 0 amide bonds. The molecule has 0 aromatic heterocycles. The van der Waals surface area contributed by atoms with Gasteiger partial charge in [-0.25, -0.2) is 8.78 Å². The number of phenols is 1. The summed E-state index contributed by atoms with van der Waals surface area (Å²) in [6.45, 7) is 0.758. The van der Waals surface area contributed by atoms with E-state index in [1.54, 1.807) is 4.90 Å². The molecule has 23 heavy (non-hydrogen) atoms. The maximum Gasteiger partial charge on any atom is 0.289 e. The second kappa shape index (κ2) is 7.60. The van der Waals surface area contributed by atoms with Crippen molar-refractivity contribution in [2.45, 2.75) is 12.0 Å². The monoisotopic (exact) mass is 458 g/mol. The van der Waals surface area contributed by atoms with Crippen molar-refractivity contribution < 1.29 is 23.7 Å². The lowest BCUT2D eigenvalue weighted by molar-refractivity contribution is -0.118. The second-order valence-corrected chi connectivity index (χ2v) is 6.84. The molecular weight excluding hydrogens is 442 g/mol. The molecule has 1 saturated heterocycles. The van der Waals surface area contributed by atoms with E-state index in [1.165, 1.54) is 13.2 Å². The molecule has 0 radical (unpaired) electrons. The number of aliphatic hydroxyl groups is 1. The highest BCUT2D eigenvalue weighted by atomic mass is 79.9. The average molecular weight is 460 g/mol. The maximum atomic E-state index is 14.5. The Morgan fingerprint density at radius 3 is 2.48 bits per heavy atom. The lowest BCUT2D eigenvalue weighted by Gasteiger charge is -2.39. The lowest BCUT2D eigenvalue weighted by atomic mass is 9.97. The van der Waals surface area contributed by atoms with Crippen LogP contribution in [0.15, 0.2) is 15.0 Å². The SMILES string of the molecule is COc1cc([C@@H](N2CCNCC2)C(F)(F)CO)c(Br)c(Br)c1O. The predicted octanol–water partition coefficient (Wildman–Crippen LogP) is 2.50. The molecule has 0 bridgehead atoms. The third-order valence-electron chi connectivity index (χ3n) is 3.82. The number of halogens is 4. The molecule has 1 heterocycles. The first-order valence-electron chi connectivity index (χ1n) is 7.01. The number of aliphatic hydroxyl groups excluding tert-OH is 1. The number of alkyl halides is 2. The molecule has 0 saturated carbocycles. The van der Waals surface area contributed by atoms with Gasteiger partial charge in [-0.3, -0.25) is 4.90 Å². The van der Waals surface area contributed by atoms with E-state index in [1.807, 2.05) is 0 Å². The minimum atomic E-state index is -3.35. The van der Waals surface area contributed by atoms with Crippen LogP contribution in [0.4, 0.5) is 8.78 Å². The van der Waals surface area contributed by atoms with Crippen molar-refractivity contribution in [3.63, 3.8) is 0 Å². The zero-order valence-electron chi connectivity index (χ0n) is 12.5. The molecule has 5 nitrogen and oxygen atoms in total. The fourth-order valence-electron chi connectivity index (χ4n) is 2.68. The van der Waals surface area contributed by atoms with Crippen molar-refractivity contribution in [2.24, 2.45) is 0 Å². The van der Waals surface area contributed by atoms with Crippen LogP contribution in [0.5, 0.6) is 11.5 Å². The molecule has 1 fully saturated rings. The summed E-state index contributed by atoms with van der Waals surface area (Å²) in [6.07, 6.45) is 0. The Morgan fingerprint density at radius 2 is 1.96 bits per heavy atom. The van der Waals surface area contributed by atoms with Gasteiger partial charge in [-0.2, -0.15) is 0 Å². The standard InChI is InChI=1S/C14H18Br2F2N2O3/c1-23-9-6-8(10(15)11(16)12(9)22)13(14(17,18)7-21)20-4-2-19-3-5-20/h6,13,19,21-22H,2-5,7H2,1H3/t13-/m1/s1. The van der Waals surface area contributed by atoms with Gasteiger partial charge in [-0.05, 0) is 43.5 Å². The van der Waals surface area contributed by atoms with Crippen LogP contribution in [0, 0.1) is 0 Å². The van der Waals surface area contributed by atoms with Gasteiger partial charge in [0, 0.05) is 30.7 Å². The van der Waals surface area contributed by atoms with Crippen molar-refractivity contribution in [1.82, 2.24) is 10.2 Å². The third-order valence-corrected chi connectivity index (χ3v) is 5.97. The number of hydrogen-bond donors (Lipinski definition) is 3. The summed E-state index contributed by atoms with van der Waals surface area (Å²) in [5.74, 6) is -3.43. The first-order valence-corrected chi connectivity index (χ1v) is 8.60. The van der Waals surface area contributed by atoms with Gasteiger partial charge in [0.05, 0.1) is 11.6 Å². The highest BCUT2D eigenvalue weighted by Crippen LogP contribution is 2.48. The van der Waals surface area contributed by atoms with E-state index in [0.29, 0.717) is 30.7 Å². The fourth-order valence-corrected chi connectivity index (χ4v) is 3.63. The number of methoxy groups -OCH3 is 1. The number of nitrogens with one attached hydrogen (secondary N) is 1. The Bertz CT molecular complexity index is 569. The minimum Gasteiger partial charge on any atom is -0.503 e. The van der Waals surface area contributed by atoms with Crippen LogP contribution in [0.25, 0.3) is 0 Å². The number of rotatable bonds is 5. The Labute approximate surface area is 149 Å². The summed E-state index contributed by atoms with van der Waals surface area (Å²) in [6, 6.07) is 0.0373.